The number of hydrogen-bond acceptors (Lipinski definition) is 5. The van der Waals surface area contributed by atoms with Gasteiger partial charge in [0, 0.05) is 12.1 Å². The average molecular weight is 328 g/mol. The number of aryl methyl sites for hydroxylation is 1. The van der Waals surface area contributed by atoms with Crippen LogP contribution in [0.2, 0.25) is 0 Å². The van der Waals surface area contributed by atoms with Gasteiger partial charge in [0.05, 0.1) is 5.69 Å². The van der Waals surface area contributed by atoms with Crippen LogP contribution in [-0.2, 0) is 11.2 Å². The fourth-order valence-corrected chi connectivity index (χ4v) is 2.17. The van der Waals surface area contributed by atoms with Crippen molar-refractivity contribution in [3.8, 4) is 11.3 Å². The predicted octanol–water partition coefficient (Wildman–Crippen LogP) is 3.18. The molecule has 3 N–H and O–H groups in total. The molecule has 1 heterocycles. The van der Waals surface area contributed by atoms with Gasteiger partial charge in [-0.1, -0.05) is 30.3 Å². The summed E-state index contributed by atoms with van der Waals surface area (Å²) in [5.41, 5.74) is 8.13. The van der Waals surface area contributed by atoms with E-state index in [4.69, 9.17) is 10.5 Å². The van der Waals surface area contributed by atoms with E-state index in [9.17, 15) is 4.79 Å². The minimum atomic E-state index is -0.492. The Bertz CT molecular complexity index is 681. The number of nitrogens with zero attached hydrogens (tertiary/aromatic N) is 2. The topological polar surface area (TPSA) is 90.1 Å². The lowest BCUT2D eigenvalue weighted by Gasteiger charge is -2.19. The Labute approximate surface area is 142 Å². The first-order valence-electron chi connectivity index (χ1n) is 7.99. The third kappa shape index (κ3) is 5.53. The number of rotatable bonds is 5. The maximum absolute atomic E-state index is 11.6. The van der Waals surface area contributed by atoms with Crippen LogP contribution in [0, 0.1) is 0 Å². The molecule has 6 heteroatoms. The Morgan fingerprint density at radius 2 is 1.92 bits per heavy atom. The Kier molecular flexibility index (Phi) is 5.73. The Morgan fingerprint density at radius 3 is 2.58 bits per heavy atom. The van der Waals surface area contributed by atoms with E-state index < -0.39 is 11.7 Å². The Morgan fingerprint density at radius 1 is 1.21 bits per heavy atom. The third-order valence-corrected chi connectivity index (χ3v) is 3.27. The monoisotopic (exact) mass is 328 g/mol. The summed E-state index contributed by atoms with van der Waals surface area (Å²) in [6, 6.07) is 11.8. The lowest BCUT2D eigenvalue weighted by atomic mass is 10.1. The van der Waals surface area contributed by atoms with Crippen molar-refractivity contribution in [2.24, 2.45) is 0 Å². The summed E-state index contributed by atoms with van der Waals surface area (Å²) < 4.78 is 5.19. The van der Waals surface area contributed by atoms with Crippen molar-refractivity contribution in [3.05, 3.63) is 42.0 Å². The van der Waals surface area contributed by atoms with E-state index in [0.29, 0.717) is 18.8 Å². The van der Waals surface area contributed by atoms with Crippen molar-refractivity contribution < 1.29 is 9.53 Å². The maximum atomic E-state index is 11.6. The maximum Gasteiger partial charge on any atom is 0.407 e. The van der Waals surface area contributed by atoms with Gasteiger partial charge >= 0.3 is 6.09 Å². The molecule has 0 radical (unpaired) electrons. The van der Waals surface area contributed by atoms with E-state index >= 15 is 0 Å². The molecule has 0 fully saturated rings. The van der Waals surface area contributed by atoms with Crippen molar-refractivity contribution >= 4 is 11.9 Å². The van der Waals surface area contributed by atoms with Gasteiger partial charge in [0.15, 0.2) is 0 Å². The summed E-state index contributed by atoms with van der Waals surface area (Å²) in [7, 11) is 0. The number of amides is 1. The van der Waals surface area contributed by atoms with Crippen molar-refractivity contribution in [1.29, 1.82) is 0 Å². The van der Waals surface area contributed by atoms with E-state index in [1.54, 1.807) is 0 Å². The number of aromatic nitrogens is 2. The molecule has 128 valence electrons. The van der Waals surface area contributed by atoms with Gasteiger partial charge < -0.3 is 15.8 Å². The van der Waals surface area contributed by atoms with E-state index in [1.807, 2.05) is 57.2 Å². The first-order valence-corrected chi connectivity index (χ1v) is 7.99. The quantitative estimate of drug-likeness (QED) is 0.823. The third-order valence-electron chi connectivity index (χ3n) is 3.27. The van der Waals surface area contributed by atoms with Gasteiger partial charge in [-0.25, -0.2) is 4.79 Å². The highest BCUT2D eigenvalue weighted by Crippen LogP contribution is 2.20. The number of nitrogens with one attached hydrogen (secondary N) is 1. The van der Waals surface area contributed by atoms with Gasteiger partial charge in [-0.3, -0.25) is 0 Å². The summed E-state index contributed by atoms with van der Waals surface area (Å²) in [5, 5.41) is 10.9. The molecule has 0 saturated heterocycles. The molecule has 24 heavy (non-hydrogen) atoms. The molecule has 0 atom stereocenters. The van der Waals surface area contributed by atoms with Crippen molar-refractivity contribution in [2.75, 3.05) is 12.3 Å². The second kappa shape index (κ2) is 7.77. The minimum absolute atomic E-state index is 0.409. The van der Waals surface area contributed by atoms with Crippen LogP contribution in [-0.4, -0.2) is 28.4 Å². The minimum Gasteiger partial charge on any atom is -0.444 e. The molecule has 1 aromatic carbocycles. The summed E-state index contributed by atoms with van der Waals surface area (Å²) >= 11 is 0. The zero-order chi connectivity index (χ0) is 17.6. The van der Waals surface area contributed by atoms with Crippen LogP contribution in [0.4, 0.5) is 10.6 Å². The largest absolute Gasteiger partial charge is 0.444 e. The molecule has 0 saturated carbocycles. The van der Waals surface area contributed by atoms with Crippen LogP contribution in [0.25, 0.3) is 11.3 Å². The number of nitrogen functional groups attached to an aromatic ring is 1. The zero-order valence-corrected chi connectivity index (χ0v) is 14.4. The molecule has 0 aliphatic heterocycles. The normalized spacial score (nSPS) is 11.1. The molecule has 0 aliphatic carbocycles. The average Bonchev–Trinajstić information content (AvgIpc) is 2.52. The molecule has 2 aromatic rings. The second-order valence-electron chi connectivity index (χ2n) is 6.54. The van der Waals surface area contributed by atoms with Gasteiger partial charge in [0.25, 0.3) is 0 Å². The number of carbonyl (C=O) groups excluding carboxylic acids is 1. The highest BCUT2D eigenvalue weighted by molar-refractivity contribution is 5.67. The highest BCUT2D eigenvalue weighted by Gasteiger charge is 2.15. The number of nitrogens with two attached hydrogens (primary N) is 1. The van der Waals surface area contributed by atoms with E-state index in [0.717, 1.165) is 23.2 Å². The molecule has 6 nitrogen and oxygen atoms in total. The number of anilines is 1. The summed E-state index contributed by atoms with van der Waals surface area (Å²) in [6.07, 6.45) is 1.04. The summed E-state index contributed by atoms with van der Waals surface area (Å²) in [6.45, 7) is 6.01. The van der Waals surface area contributed by atoms with Crippen molar-refractivity contribution in [1.82, 2.24) is 15.5 Å². The van der Waals surface area contributed by atoms with E-state index in [1.165, 1.54) is 0 Å². The number of carbonyl (C=O) groups is 1. The first-order chi connectivity index (χ1) is 11.3. The highest BCUT2D eigenvalue weighted by atomic mass is 16.6. The fraction of sp³-hybridized carbons (Fsp3) is 0.389. The first kappa shape index (κ1) is 17.7. The number of benzene rings is 1. The van der Waals surface area contributed by atoms with Crippen LogP contribution >= 0.6 is 0 Å². The van der Waals surface area contributed by atoms with Crippen LogP contribution in [0.3, 0.4) is 0 Å². The van der Waals surface area contributed by atoms with E-state index in [-0.39, 0.29) is 0 Å². The zero-order valence-electron chi connectivity index (χ0n) is 14.4. The van der Waals surface area contributed by atoms with Gasteiger partial charge in [-0.05, 0) is 45.2 Å². The van der Waals surface area contributed by atoms with Crippen molar-refractivity contribution in [2.45, 2.75) is 39.2 Å². The van der Waals surface area contributed by atoms with Gasteiger partial charge in [0.1, 0.15) is 11.4 Å². The van der Waals surface area contributed by atoms with Crippen molar-refractivity contribution in [3.63, 3.8) is 0 Å². The standard InChI is InChI=1S/C18H24N4O2/c1-18(2,3)24-17(23)20-11-7-10-14-12-15(21-22-16(14)19)13-8-5-4-6-9-13/h4-6,8-9,12H,7,10-11H2,1-3H3,(H2,19,22)(H,20,23). The summed E-state index contributed by atoms with van der Waals surface area (Å²) in [4.78, 5) is 11.6. The second-order valence-corrected chi connectivity index (χ2v) is 6.54. The van der Waals surface area contributed by atoms with Gasteiger partial charge in [-0.15, -0.1) is 10.2 Å². The van der Waals surface area contributed by atoms with Crippen LogP contribution in [0.15, 0.2) is 36.4 Å². The smallest absolute Gasteiger partial charge is 0.407 e. The molecule has 0 aliphatic rings. The number of ether oxygens (including phenoxy) is 1. The van der Waals surface area contributed by atoms with Gasteiger partial charge in [-0.2, -0.15) is 0 Å². The summed E-state index contributed by atoms with van der Waals surface area (Å²) in [5.74, 6) is 0.423. The number of alkyl carbamates (subject to hydrolysis) is 1. The molecule has 1 aromatic heterocycles. The molecular formula is C18H24N4O2. The van der Waals surface area contributed by atoms with Crippen LogP contribution < -0.4 is 11.1 Å². The number of hydrogen-bond donors (Lipinski definition) is 2. The molecular weight excluding hydrogens is 304 g/mol. The molecule has 1 amide bonds. The molecule has 0 bridgehead atoms. The predicted molar refractivity (Wildman–Crippen MR) is 94.4 cm³/mol. The lowest BCUT2D eigenvalue weighted by molar-refractivity contribution is 0.0527. The molecule has 0 unspecified atom stereocenters. The SMILES string of the molecule is CC(C)(C)OC(=O)NCCCc1cc(-c2ccccc2)nnc1N. The van der Waals surface area contributed by atoms with Crippen LogP contribution in [0.5, 0.6) is 0 Å². The molecule has 2 rings (SSSR count). The Hall–Kier alpha value is -2.63. The van der Waals surface area contributed by atoms with Gasteiger partial charge in [0.2, 0.25) is 0 Å². The van der Waals surface area contributed by atoms with E-state index in [2.05, 4.69) is 15.5 Å². The molecule has 0 spiro atoms. The van der Waals surface area contributed by atoms with Crippen LogP contribution in [0.1, 0.15) is 32.8 Å². The lowest BCUT2D eigenvalue weighted by Crippen LogP contribution is -2.33. The fourth-order valence-electron chi connectivity index (χ4n) is 2.17. The Balaban J connectivity index is 1.90.